The van der Waals surface area contributed by atoms with Crippen LogP contribution in [0.25, 0.3) is 0 Å². The molecular formula is C19H32N2O2. The summed E-state index contributed by atoms with van der Waals surface area (Å²) in [6.07, 6.45) is 1.75. The molecular weight excluding hydrogens is 288 g/mol. The molecule has 0 fully saturated rings. The van der Waals surface area contributed by atoms with Crippen LogP contribution in [0.1, 0.15) is 107 Å². The molecule has 23 heavy (non-hydrogen) atoms. The van der Waals surface area contributed by atoms with Gasteiger partial charge in [-0.25, -0.2) is 0 Å². The van der Waals surface area contributed by atoms with Crippen molar-refractivity contribution in [3.05, 3.63) is 34.5 Å². The summed E-state index contributed by atoms with van der Waals surface area (Å²) in [4.78, 5) is 0. The highest BCUT2D eigenvalue weighted by Crippen LogP contribution is 2.27. The van der Waals surface area contributed by atoms with Gasteiger partial charge in [0.15, 0.2) is 0 Å². The maximum atomic E-state index is 5.17. The number of hydrogen-bond donors (Lipinski definition) is 0. The lowest BCUT2D eigenvalue weighted by atomic mass is 9.96. The van der Waals surface area contributed by atoms with Crippen LogP contribution in [0.5, 0.6) is 0 Å². The molecule has 0 unspecified atom stereocenters. The van der Waals surface area contributed by atoms with Gasteiger partial charge in [-0.15, -0.1) is 0 Å². The van der Waals surface area contributed by atoms with Crippen molar-refractivity contribution in [3.8, 4) is 0 Å². The summed E-state index contributed by atoms with van der Waals surface area (Å²) >= 11 is 0. The first-order valence-electron chi connectivity index (χ1n) is 8.56. The Balaban J connectivity index is 0.000000231. The van der Waals surface area contributed by atoms with Crippen molar-refractivity contribution >= 4 is 0 Å². The van der Waals surface area contributed by atoms with E-state index in [-0.39, 0.29) is 0 Å². The number of aryl methyl sites for hydroxylation is 1. The molecule has 0 aliphatic rings. The molecule has 0 atom stereocenters. The Morgan fingerprint density at radius 2 is 1.30 bits per heavy atom. The van der Waals surface area contributed by atoms with Gasteiger partial charge in [0.25, 0.3) is 0 Å². The van der Waals surface area contributed by atoms with Crippen molar-refractivity contribution in [2.75, 3.05) is 0 Å². The molecule has 2 rings (SSSR count). The van der Waals surface area contributed by atoms with E-state index in [1.165, 1.54) is 11.1 Å². The van der Waals surface area contributed by atoms with E-state index in [2.05, 4.69) is 65.7 Å². The van der Waals surface area contributed by atoms with Gasteiger partial charge in [0, 0.05) is 11.1 Å². The fourth-order valence-corrected chi connectivity index (χ4v) is 2.64. The van der Waals surface area contributed by atoms with Crippen molar-refractivity contribution in [1.82, 2.24) is 10.3 Å². The first kappa shape index (κ1) is 19.5. The van der Waals surface area contributed by atoms with Crippen LogP contribution in [0, 0.1) is 6.92 Å². The Labute approximate surface area is 140 Å². The third kappa shape index (κ3) is 4.95. The van der Waals surface area contributed by atoms with Crippen LogP contribution >= 0.6 is 0 Å². The summed E-state index contributed by atoms with van der Waals surface area (Å²) in [6.45, 7) is 19.2. The minimum absolute atomic E-state index is 0.458. The molecule has 0 aromatic carbocycles. The molecule has 2 heterocycles. The van der Waals surface area contributed by atoms with Crippen molar-refractivity contribution in [2.24, 2.45) is 0 Å². The summed E-state index contributed by atoms with van der Waals surface area (Å²) in [5, 5.41) is 8.02. The van der Waals surface area contributed by atoms with E-state index in [4.69, 9.17) is 9.05 Å². The van der Waals surface area contributed by atoms with Crippen LogP contribution in [0.3, 0.4) is 0 Å². The first-order chi connectivity index (χ1) is 10.7. The summed E-state index contributed by atoms with van der Waals surface area (Å²) < 4.78 is 10.1. The standard InChI is InChI=1S/C10H17NO.C9H15NO/c1-6(2)9-8(5)12-11-10(9)7(3)4;1-6(2)8-5-11-10-9(8)7(3)4/h6-7H,1-5H3;5-7H,1-4H3. The molecule has 0 spiro atoms. The van der Waals surface area contributed by atoms with E-state index >= 15 is 0 Å². The van der Waals surface area contributed by atoms with Gasteiger partial charge < -0.3 is 9.05 Å². The Bertz CT molecular complexity index is 570. The Hall–Kier alpha value is -1.58. The van der Waals surface area contributed by atoms with Crippen molar-refractivity contribution in [2.45, 2.75) is 86.0 Å². The average molecular weight is 320 g/mol. The number of hydrogen-bond acceptors (Lipinski definition) is 4. The molecule has 2 aromatic heterocycles. The van der Waals surface area contributed by atoms with Crippen LogP contribution in [0.15, 0.2) is 15.3 Å². The Kier molecular flexibility index (Phi) is 7.04. The molecule has 0 saturated heterocycles. The largest absolute Gasteiger partial charge is 0.364 e. The van der Waals surface area contributed by atoms with Crippen molar-refractivity contribution < 1.29 is 9.05 Å². The van der Waals surface area contributed by atoms with Gasteiger partial charge in [-0.1, -0.05) is 65.7 Å². The van der Waals surface area contributed by atoms with Gasteiger partial charge in [-0.3, -0.25) is 0 Å². The minimum Gasteiger partial charge on any atom is -0.364 e. The molecule has 0 aliphatic carbocycles. The monoisotopic (exact) mass is 320 g/mol. The SMILES string of the molecule is CC(C)c1conc1C(C)C.Cc1onc(C(C)C)c1C(C)C. The highest BCUT2D eigenvalue weighted by molar-refractivity contribution is 5.27. The summed E-state index contributed by atoms with van der Waals surface area (Å²) in [7, 11) is 0. The van der Waals surface area contributed by atoms with E-state index in [1.54, 1.807) is 6.26 Å². The van der Waals surface area contributed by atoms with Gasteiger partial charge in [-0.05, 0) is 30.6 Å². The van der Waals surface area contributed by atoms with E-state index in [0.29, 0.717) is 23.7 Å². The summed E-state index contributed by atoms with van der Waals surface area (Å²) in [5.74, 6) is 2.91. The zero-order valence-corrected chi connectivity index (χ0v) is 16.1. The van der Waals surface area contributed by atoms with Crippen LogP contribution in [-0.2, 0) is 0 Å². The second-order valence-electron chi connectivity index (χ2n) is 7.31. The molecule has 0 N–H and O–H groups in total. The lowest BCUT2D eigenvalue weighted by Crippen LogP contribution is -1.97. The Morgan fingerprint density at radius 3 is 1.65 bits per heavy atom. The average Bonchev–Trinajstić information content (AvgIpc) is 3.04. The van der Waals surface area contributed by atoms with Gasteiger partial charge in [-0.2, -0.15) is 0 Å². The summed E-state index contributed by atoms with van der Waals surface area (Å²) in [5.41, 5.74) is 4.73. The predicted octanol–water partition coefficient (Wildman–Crippen LogP) is 6.15. The van der Waals surface area contributed by atoms with E-state index in [1.807, 2.05) is 6.92 Å². The van der Waals surface area contributed by atoms with Crippen LogP contribution in [0.2, 0.25) is 0 Å². The molecule has 0 saturated carbocycles. The van der Waals surface area contributed by atoms with Crippen LogP contribution in [0.4, 0.5) is 0 Å². The molecule has 4 nitrogen and oxygen atoms in total. The molecule has 0 bridgehead atoms. The normalized spacial score (nSPS) is 11.5. The third-order valence-electron chi connectivity index (χ3n) is 3.86. The van der Waals surface area contributed by atoms with Gasteiger partial charge in [0.1, 0.15) is 12.0 Å². The number of rotatable bonds is 4. The highest BCUT2D eigenvalue weighted by atomic mass is 16.5. The highest BCUT2D eigenvalue weighted by Gasteiger charge is 2.17. The maximum absolute atomic E-state index is 5.17. The molecule has 4 heteroatoms. The lowest BCUT2D eigenvalue weighted by molar-refractivity contribution is 0.387. The topological polar surface area (TPSA) is 52.1 Å². The molecule has 0 aliphatic heterocycles. The van der Waals surface area contributed by atoms with E-state index in [0.717, 1.165) is 17.1 Å². The summed E-state index contributed by atoms with van der Waals surface area (Å²) in [6, 6.07) is 0. The molecule has 130 valence electrons. The van der Waals surface area contributed by atoms with Gasteiger partial charge in [0.05, 0.1) is 11.4 Å². The molecule has 0 amide bonds. The van der Waals surface area contributed by atoms with Crippen LogP contribution in [-0.4, -0.2) is 10.3 Å². The van der Waals surface area contributed by atoms with E-state index < -0.39 is 0 Å². The number of aromatic nitrogens is 2. The van der Waals surface area contributed by atoms with Gasteiger partial charge >= 0.3 is 0 Å². The van der Waals surface area contributed by atoms with Crippen molar-refractivity contribution in [3.63, 3.8) is 0 Å². The minimum atomic E-state index is 0.458. The zero-order valence-electron chi connectivity index (χ0n) is 16.1. The van der Waals surface area contributed by atoms with Gasteiger partial charge in [0.2, 0.25) is 0 Å². The Morgan fingerprint density at radius 1 is 0.739 bits per heavy atom. The predicted molar refractivity (Wildman–Crippen MR) is 94.1 cm³/mol. The fraction of sp³-hybridized carbons (Fsp3) is 0.684. The fourth-order valence-electron chi connectivity index (χ4n) is 2.64. The smallest absolute Gasteiger partial charge is 0.137 e. The number of nitrogens with zero attached hydrogens (tertiary/aromatic N) is 2. The van der Waals surface area contributed by atoms with Crippen LogP contribution < -0.4 is 0 Å². The van der Waals surface area contributed by atoms with E-state index in [9.17, 15) is 0 Å². The molecule has 2 aromatic rings. The second kappa shape index (κ2) is 8.32. The zero-order chi connectivity index (χ0) is 17.7. The van der Waals surface area contributed by atoms with Crippen molar-refractivity contribution in [1.29, 1.82) is 0 Å². The maximum Gasteiger partial charge on any atom is 0.137 e. The lowest BCUT2D eigenvalue weighted by Gasteiger charge is -2.07. The molecule has 0 radical (unpaired) electrons. The first-order valence-corrected chi connectivity index (χ1v) is 8.56. The quantitative estimate of drug-likeness (QED) is 0.677. The second-order valence-corrected chi connectivity index (χ2v) is 7.31. The third-order valence-corrected chi connectivity index (χ3v) is 3.86.